The summed E-state index contributed by atoms with van der Waals surface area (Å²) in [5.74, 6) is 0.370. The largest absolute Gasteiger partial charge is 0.416 e. The Kier molecular flexibility index (Phi) is 10.5. The van der Waals surface area contributed by atoms with Crippen molar-refractivity contribution in [3.05, 3.63) is 89.1 Å². The molecule has 2 fully saturated rings. The molecular weight excluding hydrogens is 607 g/mol. The fraction of sp³-hybridized carbons (Fsp3) is 0.455. The number of nitrogens with zero attached hydrogens (tertiary/aromatic N) is 2. The van der Waals surface area contributed by atoms with Crippen molar-refractivity contribution < 1.29 is 35.9 Å². The third-order valence-corrected chi connectivity index (χ3v) is 10.3. The summed E-state index contributed by atoms with van der Waals surface area (Å²) in [6.07, 6.45) is 0.506. The second kappa shape index (κ2) is 14.3. The molecule has 3 heterocycles. The van der Waals surface area contributed by atoms with Gasteiger partial charge in [0.15, 0.2) is 9.84 Å². The van der Waals surface area contributed by atoms with E-state index in [-0.39, 0.29) is 41.2 Å². The molecule has 45 heavy (non-hydrogen) atoms. The van der Waals surface area contributed by atoms with Gasteiger partial charge in [0.05, 0.1) is 40.5 Å². The minimum Gasteiger partial charge on any atom is -0.381 e. The Balaban J connectivity index is 1.26. The third kappa shape index (κ3) is 8.42. The van der Waals surface area contributed by atoms with Crippen molar-refractivity contribution in [1.29, 1.82) is 0 Å². The van der Waals surface area contributed by atoms with Crippen LogP contribution in [0, 0.1) is 0 Å². The number of benzene rings is 2. The number of amides is 1. The average molecular weight is 646 g/mol. The molecule has 0 aliphatic carbocycles. The quantitative estimate of drug-likeness (QED) is 0.299. The Hall–Kier alpha value is -3.48. The van der Waals surface area contributed by atoms with Crippen LogP contribution in [0.3, 0.4) is 0 Å². The minimum absolute atomic E-state index is 0.00934. The van der Waals surface area contributed by atoms with Crippen LogP contribution in [-0.2, 0) is 32.0 Å². The molecule has 2 aromatic carbocycles. The van der Waals surface area contributed by atoms with Gasteiger partial charge in [0.1, 0.15) is 5.82 Å². The van der Waals surface area contributed by atoms with Crippen molar-refractivity contribution in [1.82, 2.24) is 10.3 Å². The van der Waals surface area contributed by atoms with E-state index in [1.54, 1.807) is 43.3 Å². The normalized spacial score (nSPS) is 19.8. The van der Waals surface area contributed by atoms with Crippen molar-refractivity contribution in [2.24, 2.45) is 0 Å². The van der Waals surface area contributed by atoms with E-state index in [0.29, 0.717) is 37.7 Å². The molecule has 2 aliphatic heterocycles. The van der Waals surface area contributed by atoms with Crippen LogP contribution in [0.1, 0.15) is 65.6 Å². The number of piperidine rings is 1. The van der Waals surface area contributed by atoms with Gasteiger partial charge in [-0.3, -0.25) is 4.79 Å². The Bertz CT molecular complexity index is 1530. The van der Waals surface area contributed by atoms with Crippen molar-refractivity contribution in [3.63, 3.8) is 0 Å². The number of carbonyl (C=O) groups excluding carboxylic acids is 1. The first kappa shape index (κ1) is 32.9. The zero-order valence-corrected chi connectivity index (χ0v) is 25.9. The van der Waals surface area contributed by atoms with Crippen LogP contribution in [0.2, 0.25) is 0 Å². The molecule has 0 radical (unpaired) electrons. The summed E-state index contributed by atoms with van der Waals surface area (Å²) in [7, 11) is -3.30. The number of hydrogen-bond acceptors (Lipinski definition) is 7. The van der Waals surface area contributed by atoms with Gasteiger partial charge < -0.3 is 19.7 Å². The molecule has 0 saturated carbocycles. The topological polar surface area (TPSA) is 97.8 Å². The monoisotopic (exact) mass is 645 g/mol. The highest BCUT2D eigenvalue weighted by Crippen LogP contribution is 2.35. The molecule has 242 valence electrons. The number of pyridine rings is 1. The number of anilines is 1. The molecule has 1 aromatic heterocycles. The highest BCUT2D eigenvalue weighted by molar-refractivity contribution is 7.91. The lowest BCUT2D eigenvalue weighted by Crippen LogP contribution is -2.46. The predicted molar refractivity (Wildman–Crippen MR) is 164 cm³/mol. The molecule has 3 aromatic rings. The fourth-order valence-corrected chi connectivity index (χ4v) is 6.63. The summed E-state index contributed by atoms with van der Waals surface area (Å²) < 4.78 is 75.2. The number of aromatic nitrogens is 1. The van der Waals surface area contributed by atoms with Gasteiger partial charge in [0.25, 0.3) is 5.91 Å². The molecule has 1 unspecified atom stereocenters. The lowest BCUT2D eigenvalue weighted by atomic mass is 9.87. The molecule has 2 saturated heterocycles. The summed E-state index contributed by atoms with van der Waals surface area (Å²) in [6.45, 7) is 4.20. The molecular formula is C33H38F3N3O5S. The van der Waals surface area contributed by atoms with Gasteiger partial charge in [-0.1, -0.05) is 31.2 Å². The van der Waals surface area contributed by atoms with Crippen LogP contribution in [0.5, 0.6) is 0 Å². The van der Waals surface area contributed by atoms with Crippen molar-refractivity contribution in [2.75, 3.05) is 37.0 Å². The molecule has 1 amide bonds. The van der Waals surface area contributed by atoms with Gasteiger partial charge in [0, 0.05) is 38.4 Å². The summed E-state index contributed by atoms with van der Waals surface area (Å²) in [5.41, 5.74) is 1.31. The number of hydrogen-bond donors (Lipinski definition) is 1. The zero-order valence-electron chi connectivity index (χ0n) is 25.1. The summed E-state index contributed by atoms with van der Waals surface area (Å²) in [5, 5.41) is 2.84. The SMILES string of the molecule is CCS(=O)(=O)c1ccc(CNC(=O)c2ccc(N3CC(c4ccc(C(F)(F)F)cc4)CC[C@H]3COC3CCOCC3)nc2)cc1. The first-order valence-corrected chi connectivity index (χ1v) is 16.9. The lowest BCUT2D eigenvalue weighted by Gasteiger charge is -2.41. The van der Waals surface area contributed by atoms with Gasteiger partial charge in [-0.25, -0.2) is 13.4 Å². The van der Waals surface area contributed by atoms with E-state index < -0.39 is 21.6 Å². The maximum absolute atomic E-state index is 13.1. The fourth-order valence-electron chi connectivity index (χ4n) is 5.74. The average Bonchev–Trinajstić information content (AvgIpc) is 3.06. The molecule has 12 heteroatoms. The molecule has 8 nitrogen and oxygen atoms in total. The lowest BCUT2D eigenvalue weighted by molar-refractivity contribution is -0.137. The zero-order chi connectivity index (χ0) is 32.0. The second-order valence-corrected chi connectivity index (χ2v) is 13.8. The molecule has 0 spiro atoms. The summed E-state index contributed by atoms with van der Waals surface area (Å²) >= 11 is 0. The Morgan fingerprint density at radius 2 is 1.71 bits per heavy atom. The number of carbonyl (C=O) groups is 1. The number of ether oxygens (including phenoxy) is 2. The van der Waals surface area contributed by atoms with Crippen LogP contribution in [0.15, 0.2) is 71.8 Å². The maximum Gasteiger partial charge on any atom is 0.416 e. The van der Waals surface area contributed by atoms with Crippen molar-refractivity contribution in [3.8, 4) is 0 Å². The molecule has 5 rings (SSSR count). The van der Waals surface area contributed by atoms with Crippen molar-refractivity contribution >= 4 is 21.6 Å². The van der Waals surface area contributed by atoms with Gasteiger partial charge in [-0.15, -0.1) is 0 Å². The summed E-state index contributed by atoms with van der Waals surface area (Å²) in [6, 6.07) is 15.3. The standard InChI is InChI=1S/C33H38F3N3O5S/c1-2-45(41,42)30-12-3-23(4-13-30)19-38-32(40)25-8-14-31(37-20-25)39-21-26(24-5-9-27(10-6-24)33(34,35)36)7-11-28(39)22-44-29-15-17-43-18-16-29/h3-6,8-10,12-14,20,26,28-29H,2,7,11,15-19,21-22H2,1H3,(H,38,40)/t26?,28-/m0/s1. The van der Waals surface area contributed by atoms with E-state index in [9.17, 15) is 26.4 Å². The smallest absolute Gasteiger partial charge is 0.381 e. The van der Waals surface area contributed by atoms with Crippen LogP contribution in [0.25, 0.3) is 0 Å². The van der Waals surface area contributed by atoms with E-state index in [0.717, 1.165) is 48.9 Å². The molecule has 1 N–H and O–H groups in total. The van der Waals surface area contributed by atoms with E-state index in [1.165, 1.54) is 18.3 Å². The highest BCUT2D eigenvalue weighted by atomic mass is 32.2. The second-order valence-electron chi connectivity index (χ2n) is 11.5. The highest BCUT2D eigenvalue weighted by Gasteiger charge is 2.33. The Morgan fingerprint density at radius 3 is 2.33 bits per heavy atom. The van der Waals surface area contributed by atoms with Crippen LogP contribution in [-0.4, -0.2) is 63.6 Å². The van der Waals surface area contributed by atoms with Crippen LogP contribution in [0.4, 0.5) is 19.0 Å². The Morgan fingerprint density at radius 1 is 1.00 bits per heavy atom. The van der Waals surface area contributed by atoms with Gasteiger partial charge in [0.2, 0.25) is 0 Å². The number of rotatable bonds is 10. The van der Waals surface area contributed by atoms with Crippen LogP contribution < -0.4 is 10.2 Å². The molecule has 0 bridgehead atoms. The Labute approximate surface area is 261 Å². The van der Waals surface area contributed by atoms with E-state index >= 15 is 0 Å². The first-order valence-electron chi connectivity index (χ1n) is 15.2. The van der Waals surface area contributed by atoms with E-state index in [4.69, 9.17) is 9.47 Å². The minimum atomic E-state index is -4.38. The van der Waals surface area contributed by atoms with Gasteiger partial charge in [-0.2, -0.15) is 13.2 Å². The number of nitrogens with one attached hydrogen (secondary N) is 1. The van der Waals surface area contributed by atoms with Gasteiger partial charge >= 0.3 is 6.18 Å². The van der Waals surface area contributed by atoms with E-state index in [1.807, 2.05) is 0 Å². The van der Waals surface area contributed by atoms with Gasteiger partial charge in [-0.05, 0) is 73.2 Å². The van der Waals surface area contributed by atoms with Crippen LogP contribution >= 0.6 is 0 Å². The molecule has 2 atom stereocenters. The predicted octanol–water partition coefficient (Wildman–Crippen LogP) is 5.77. The number of sulfone groups is 1. The van der Waals surface area contributed by atoms with Crippen molar-refractivity contribution in [2.45, 2.75) is 68.3 Å². The molecule has 2 aliphatic rings. The van der Waals surface area contributed by atoms with E-state index in [2.05, 4.69) is 15.2 Å². The number of alkyl halides is 3. The first-order chi connectivity index (χ1) is 21.5. The maximum atomic E-state index is 13.1. The summed E-state index contributed by atoms with van der Waals surface area (Å²) in [4.78, 5) is 19.9. The third-order valence-electron chi connectivity index (χ3n) is 8.53. The number of halogens is 3.